The van der Waals surface area contributed by atoms with E-state index in [1.165, 1.54) is 6.92 Å². The van der Waals surface area contributed by atoms with Gasteiger partial charge in [-0.05, 0) is 75.6 Å². The number of carbonyl (C=O) groups is 2. The maximum Gasteiger partial charge on any atom is 0.317 e. The molecule has 1 aliphatic heterocycles. The van der Waals surface area contributed by atoms with Crippen molar-refractivity contribution < 1.29 is 19.4 Å². The van der Waals surface area contributed by atoms with Crippen molar-refractivity contribution in [2.75, 3.05) is 7.05 Å². The van der Waals surface area contributed by atoms with Crippen molar-refractivity contribution in [2.24, 2.45) is 5.92 Å². The molecular formula is C33H55NO4. The number of ketones is 1. The number of hydrogen-bond donors (Lipinski definition) is 1. The largest absolute Gasteiger partial charge is 0.507 e. The zero-order valence-electron chi connectivity index (χ0n) is 26.5. The molecule has 216 valence electrons. The van der Waals surface area contributed by atoms with Crippen molar-refractivity contribution in [3.05, 3.63) is 28.8 Å². The fourth-order valence-corrected chi connectivity index (χ4v) is 6.18. The number of aromatic hydroxyl groups is 1. The molecular weight excluding hydrogens is 474 g/mol. The van der Waals surface area contributed by atoms with Gasteiger partial charge in [-0.2, -0.15) is 0 Å². The number of phenolic OH excluding ortho intramolecular Hbond substituents is 1. The number of esters is 1. The minimum atomic E-state index is -0.877. The van der Waals surface area contributed by atoms with Gasteiger partial charge in [-0.1, -0.05) is 73.4 Å². The Bertz CT molecular complexity index is 956. The van der Waals surface area contributed by atoms with Gasteiger partial charge < -0.3 is 9.84 Å². The van der Waals surface area contributed by atoms with E-state index in [9.17, 15) is 14.7 Å². The van der Waals surface area contributed by atoms with E-state index in [1.54, 1.807) is 0 Å². The Labute approximate surface area is 232 Å². The first-order valence-corrected chi connectivity index (χ1v) is 14.5. The van der Waals surface area contributed by atoms with Gasteiger partial charge in [0.1, 0.15) is 23.6 Å². The normalized spacial score (nSPS) is 20.1. The number of Topliss-reactive ketones (excluding diaryl/α,β-unsaturated/α-hetero) is 1. The molecule has 1 saturated heterocycles. The van der Waals surface area contributed by atoms with Gasteiger partial charge in [-0.25, -0.2) is 0 Å². The van der Waals surface area contributed by atoms with Crippen LogP contribution in [0.15, 0.2) is 12.1 Å². The summed E-state index contributed by atoms with van der Waals surface area (Å²) < 4.78 is 6.20. The fraction of sp³-hybridized carbons (Fsp3) is 0.758. The number of rotatable bonds is 8. The Kier molecular flexibility index (Phi) is 9.62. The third-order valence-electron chi connectivity index (χ3n) is 8.69. The van der Waals surface area contributed by atoms with Crippen LogP contribution in [0, 0.1) is 5.92 Å². The molecule has 5 heteroatoms. The molecule has 1 heterocycles. The van der Waals surface area contributed by atoms with Crippen LogP contribution in [0.25, 0.3) is 0 Å². The maximum atomic E-state index is 13.9. The van der Waals surface area contributed by atoms with E-state index >= 15 is 0 Å². The molecule has 1 fully saturated rings. The zero-order valence-corrected chi connectivity index (χ0v) is 26.5. The molecule has 0 aliphatic carbocycles. The molecule has 2 atom stereocenters. The van der Waals surface area contributed by atoms with Crippen molar-refractivity contribution in [1.29, 1.82) is 0 Å². The van der Waals surface area contributed by atoms with E-state index < -0.39 is 11.9 Å². The lowest BCUT2D eigenvalue weighted by Crippen LogP contribution is -2.60. The molecule has 2 rings (SSSR count). The number of benzene rings is 1. The molecule has 0 spiro atoms. The van der Waals surface area contributed by atoms with Crippen LogP contribution in [-0.4, -0.2) is 46.0 Å². The Morgan fingerprint density at radius 1 is 1.00 bits per heavy atom. The van der Waals surface area contributed by atoms with Gasteiger partial charge in [0, 0.05) is 29.8 Å². The summed E-state index contributed by atoms with van der Waals surface area (Å²) in [6.45, 7) is 24.9. The standard InChI is InChI=1S/C33H55NO4/c1-14-15-16-24(22-17-25(30(3,4)5)28(36)26(18-22)31(6,7)8)27(21(2)35)29(37)38-23-19-32(9,10)34(13)33(11,12)20-23/h17-18,23-24,27,36H,14-16,19-20H2,1-13H3. The van der Waals surface area contributed by atoms with Gasteiger partial charge in [0.2, 0.25) is 0 Å². The molecule has 0 bridgehead atoms. The molecule has 0 amide bonds. The predicted molar refractivity (Wildman–Crippen MR) is 157 cm³/mol. The highest BCUT2D eigenvalue weighted by Crippen LogP contribution is 2.44. The summed E-state index contributed by atoms with van der Waals surface area (Å²) in [4.78, 5) is 29.4. The van der Waals surface area contributed by atoms with E-state index in [1.807, 2.05) is 12.1 Å². The summed E-state index contributed by atoms with van der Waals surface area (Å²) in [5.74, 6) is -1.46. The lowest BCUT2D eigenvalue weighted by atomic mass is 9.73. The number of hydrogen-bond acceptors (Lipinski definition) is 5. The van der Waals surface area contributed by atoms with Gasteiger partial charge >= 0.3 is 5.97 Å². The molecule has 0 saturated carbocycles. The number of piperidine rings is 1. The van der Waals surface area contributed by atoms with Crippen LogP contribution >= 0.6 is 0 Å². The number of likely N-dealkylation sites (tertiary alicyclic amines) is 1. The minimum Gasteiger partial charge on any atom is -0.507 e. The first kappa shape index (κ1) is 32.3. The smallest absolute Gasteiger partial charge is 0.317 e. The first-order valence-electron chi connectivity index (χ1n) is 14.5. The summed E-state index contributed by atoms with van der Waals surface area (Å²) >= 11 is 0. The first-order chi connectivity index (χ1) is 17.1. The molecule has 1 aromatic carbocycles. The van der Waals surface area contributed by atoms with E-state index in [2.05, 4.69) is 88.1 Å². The highest BCUT2D eigenvalue weighted by Gasteiger charge is 2.46. The number of carbonyl (C=O) groups excluding carboxylic acids is 2. The lowest BCUT2D eigenvalue weighted by Gasteiger charge is -2.53. The highest BCUT2D eigenvalue weighted by atomic mass is 16.5. The Morgan fingerprint density at radius 2 is 1.45 bits per heavy atom. The van der Waals surface area contributed by atoms with Crippen LogP contribution in [0.2, 0.25) is 0 Å². The van der Waals surface area contributed by atoms with Crippen molar-refractivity contribution in [3.63, 3.8) is 0 Å². The summed E-state index contributed by atoms with van der Waals surface area (Å²) in [6, 6.07) is 4.05. The van der Waals surface area contributed by atoms with Crippen LogP contribution in [0.4, 0.5) is 0 Å². The van der Waals surface area contributed by atoms with E-state index in [0.29, 0.717) is 12.2 Å². The average Bonchev–Trinajstić information content (AvgIpc) is 2.72. The second-order valence-corrected chi connectivity index (χ2v) is 15.0. The third-order valence-corrected chi connectivity index (χ3v) is 8.69. The lowest BCUT2D eigenvalue weighted by molar-refractivity contribution is -0.166. The molecule has 0 aromatic heterocycles. The van der Waals surface area contributed by atoms with Crippen LogP contribution in [0.5, 0.6) is 5.75 Å². The minimum absolute atomic E-state index is 0.125. The Hall–Kier alpha value is -1.88. The van der Waals surface area contributed by atoms with Crippen LogP contribution in [0.1, 0.15) is 138 Å². The maximum absolute atomic E-state index is 13.9. The van der Waals surface area contributed by atoms with Gasteiger partial charge in [-0.15, -0.1) is 0 Å². The van der Waals surface area contributed by atoms with Crippen molar-refractivity contribution >= 4 is 11.8 Å². The average molecular weight is 530 g/mol. The van der Waals surface area contributed by atoms with Gasteiger partial charge in [0.25, 0.3) is 0 Å². The second kappa shape index (κ2) is 11.3. The SMILES string of the molecule is CCCCC(c1cc(C(C)(C)C)c(O)c(C(C)(C)C)c1)C(C(C)=O)C(=O)OC1CC(C)(C)N(C)C(C)(C)C1. The summed E-state index contributed by atoms with van der Waals surface area (Å²) in [5.41, 5.74) is 1.78. The fourth-order valence-electron chi connectivity index (χ4n) is 6.18. The predicted octanol–water partition coefficient (Wildman–Crippen LogP) is 7.66. The summed E-state index contributed by atoms with van der Waals surface area (Å²) in [5, 5.41) is 11.3. The Morgan fingerprint density at radius 3 is 1.82 bits per heavy atom. The summed E-state index contributed by atoms with van der Waals surface area (Å²) in [6.07, 6.45) is 3.77. The molecule has 0 radical (unpaired) electrons. The van der Waals surface area contributed by atoms with E-state index in [4.69, 9.17) is 4.74 Å². The number of unbranched alkanes of at least 4 members (excludes halogenated alkanes) is 1. The topological polar surface area (TPSA) is 66.8 Å². The van der Waals surface area contributed by atoms with Crippen molar-refractivity contribution in [2.45, 2.75) is 149 Å². The van der Waals surface area contributed by atoms with Gasteiger partial charge in [0.15, 0.2) is 0 Å². The van der Waals surface area contributed by atoms with E-state index in [-0.39, 0.29) is 39.7 Å². The number of nitrogens with zero attached hydrogens (tertiary/aromatic N) is 1. The molecule has 38 heavy (non-hydrogen) atoms. The highest BCUT2D eigenvalue weighted by molar-refractivity contribution is 5.99. The summed E-state index contributed by atoms with van der Waals surface area (Å²) in [7, 11) is 2.13. The number of phenols is 1. The number of ether oxygens (including phenoxy) is 1. The molecule has 1 aliphatic rings. The van der Waals surface area contributed by atoms with Crippen LogP contribution in [-0.2, 0) is 25.2 Å². The van der Waals surface area contributed by atoms with Gasteiger partial charge in [0.05, 0.1) is 0 Å². The quantitative estimate of drug-likeness (QED) is 0.277. The molecule has 1 N–H and O–H groups in total. The van der Waals surface area contributed by atoms with Gasteiger partial charge in [-0.3, -0.25) is 14.5 Å². The molecule has 1 aromatic rings. The zero-order chi connectivity index (χ0) is 29.4. The molecule has 5 nitrogen and oxygen atoms in total. The monoisotopic (exact) mass is 529 g/mol. The van der Waals surface area contributed by atoms with Crippen molar-refractivity contribution in [3.8, 4) is 5.75 Å². The van der Waals surface area contributed by atoms with Crippen molar-refractivity contribution in [1.82, 2.24) is 4.90 Å². The second-order valence-electron chi connectivity index (χ2n) is 15.0. The van der Waals surface area contributed by atoms with E-state index in [0.717, 1.165) is 42.4 Å². The molecule has 2 unspecified atom stereocenters. The Balaban J connectivity index is 2.59. The van der Waals surface area contributed by atoms with Crippen LogP contribution in [0.3, 0.4) is 0 Å². The third kappa shape index (κ3) is 7.20. The van der Waals surface area contributed by atoms with Crippen LogP contribution < -0.4 is 0 Å².